The van der Waals surface area contributed by atoms with E-state index in [-0.39, 0.29) is 13.2 Å². The lowest BCUT2D eigenvalue weighted by Crippen LogP contribution is -2.36. The van der Waals surface area contributed by atoms with Gasteiger partial charge in [0, 0.05) is 6.61 Å². The normalized spacial score (nSPS) is 13.6. The summed E-state index contributed by atoms with van der Waals surface area (Å²) < 4.78 is 46.6. The molecule has 0 saturated heterocycles. The molecule has 0 spiro atoms. The maximum atomic E-state index is 12.4. The topological polar surface area (TPSA) is 35.5 Å². The molecule has 0 N–H and O–H groups in total. The lowest BCUT2D eigenvalue weighted by molar-refractivity contribution is -0.206. The molecule has 0 aromatic rings. The third-order valence-electron chi connectivity index (χ3n) is 1.76. The molecule has 0 aliphatic carbocycles. The van der Waals surface area contributed by atoms with Gasteiger partial charge in [0.05, 0.1) is 13.2 Å². The maximum Gasteiger partial charge on any atom is 0.404 e. The second kappa shape index (κ2) is 7.49. The first kappa shape index (κ1) is 15.2. The Bertz CT molecular complexity index is 204. The quantitative estimate of drug-likeness (QED) is 0.508. The monoisotopic (exact) mass is 242 g/mol. The van der Waals surface area contributed by atoms with Crippen LogP contribution in [0.3, 0.4) is 0 Å². The van der Waals surface area contributed by atoms with Gasteiger partial charge in [-0.25, -0.2) is 0 Å². The van der Waals surface area contributed by atoms with Crippen molar-refractivity contribution in [2.45, 2.75) is 32.9 Å². The van der Waals surface area contributed by atoms with Gasteiger partial charge in [0.25, 0.3) is 0 Å². The molecular formula is C10H17F3O3. The number of hydrogen-bond acceptors (Lipinski definition) is 3. The molecule has 6 heteroatoms. The van der Waals surface area contributed by atoms with Crippen LogP contribution in [0, 0.1) is 5.92 Å². The predicted molar refractivity (Wildman–Crippen MR) is 51.9 cm³/mol. The van der Waals surface area contributed by atoms with Gasteiger partial charge in [0.1, 0.15) is 0 Å². The first-order valence-electron chi connectivity index (χ1n) is 5.24. The summed E-state index contributed by atoms with van der Waals surface area (Å²) in [6.45, 7) is 3.02. The van der Waals surface area contributed by atoms with E-state index in [0.29, 0.717) is 12.8 Å². The molecule has 0 aromatic heterocycles. The Morgan fingerprint density at radius 3 is 2.19 bits per heavy atom. The van der Waals surface area contributed by atoms with Crippen molar-refractivity contribution in [3.8, 4) is 0 Å². The third-order valence-corrected chi connectivity index (χ3v) is 1.76. The Labute approximate surface area is 92.9 Å². The maximum absolute atomic E-state index is 12.4. The van der Waals surface area contributed by atoms with E-state index in [1.54, 1.807) is 13.8 Å². The molecule has 0 aromatic carbocycles. The molecule has 0 aliphatic heterocycles. The molecule has 0 heterocycles. The average molecular weight is 242 g/mol. The van der Waals surface area contributed by atoms with Gasteiger partial charge >= 0.3 is 12.1 Å². The molecule has 16 heavy (non-hydrogen) atoms. The summed E-state index contributed by atoms with van der Waals surface area (Å²) in [5.74, 6) is -3.43. The van der Waals surface area contributed by atoms with Crippen molar-refractivity contribution >= 4 is 5.97 Å². The van der Waals surface area contributed by atoms with Gasteiger partial charge in [-0.1, -0.05) is 13.8 Å². The van der Waals surface area contributed by atoms with Crippen LogP contribution in [0.4, 0.5) is 13.2 Å². The van der Waals surface area contributed by atoms with Gasteiger partial charge in [-0.2, -0.15) is 13.2 Å². The van der Waals surface area contributed by atoms with Crippen molar-refractivity contribution in [3.63, 3.8) is 0 Å². The van der Waals surface area contributed by atoms with Crippen molar-refractivity contribution in [1.29, 1.82) is 0 Å². The van der Waals surface area contributed by atoms with Crippen molar-refractivity contribution in [1.82, 2.24) is 0 Å². The number of ether oxygens (including phenoxy) is 2. The van der Waals surface area contributed by atoms with Crippen molar-refractivity contribution < 1.29 is 27.4 Å². The molecule has 0 bridgehead atoms. The molecule has 0 amide bonds. The second-order valence-electron chi connectivity index (χ2n) is 3.34. The summed E-state index contributed by atoms with van der Waals surface area (Å²) in [4.78, 5) is 11.1. The highest BCUT2D eigenvalue weighted by molar-refractivity contribution is 5.73. The summed E-state index contributed by atoms with van der Waals surface area (Å²) in [7, 11) is 0. The Morgan fingerprint density at radius 1 is 1.19 bits per heavy atom. The van der Waals surface area contributed by atoms with E-state index in [9.17, 15) is 18.0 Å². The van der Waals surface area contributed by atoms with Crippen molar-refractivity contribution in [3.05, 3.63) is 0 Å². The molecule has 0 radical (unpaired) electrons. The Balaban J connectivity index is 4.25. The van der Waals surface area contributed by atoms with Crippen LogP contribution in [0.2, 0.25) is 0 Å². The number of alkyl halides is 3. The van der Waals surface area contributed by atoms with Crippen LogP contribution < -0.4 is 0 Å². The zero-order valence-electron chi connectivity index (χ0n) is 9.47. The third kappa shape index (κ3) is 5.95. The van der Waals surface area contributed by atoms with Crippen LogP contribution in [0.25, 0.3) is 0 Å². The number of halogens is 3. The molecule has 1 unspecified atom stereocenters. The fourth-order valence-corrected chi connectivity index (χ4v) is 0.945. The Kier molecular flexibility index (Phi) is 7.12. The SMILES string of the molecule is CCCOCC(C(=O)OCCC)C(F)(F)F. The van der Waals surface area contributed by atoms with Crippen LogP contribution in [-0.4, -0.2) is 32.0 Å². The van der Waals surface area contributed by atoms with Gasteiger partial charge in [-0.3, -0.25) is 4.79 Å². The number of hydrogen-bond donors (Lipinski definition) is 0. The average Bonchev–Trinajstić information content (AvgIpc) is 2.19. The number of carbonyl (C=O) groups excluding carboxylic acids is 1. The van der Waals surface area contributed by atoms with E-state index < -0.39 is 24.7 Å². The minimum absolute atomic E-state index is 0.000802. The van der Waals surface area contributed by atoms with E-state index >= 15 is 0 Å². The Morgan fingerprint density at radius 2 is 1.75 bits per heavy atom. The minimum atomic E-state index is -4.61. The molecule has 1 atom stereocenters. The van der Waals surface area contributed by atoms with Crippen LogP contribution >= 0.6 is 0 Å². The lowest BCUT2D eigenvalue weighted by atomic mass is 10.1. The van der Waals surface area contributed by atoms with E-state index in [2.05, 4.69) is 4.74 Å². The first-order valence-corrected chi connectivity index (χ1v) is 5.24. The smallest absolute Gasteiger partial charge is 0.404 e. The summed E-state index contributed by atoms with van der Waals surface area (Å²) in [6, 6.07) is 0. The molecule has 3 nitrogen and oxygen atoms in total. The standard InChI is InChI=1S/C10H17F3O3/c1-3-5-15-7-8(10(11,12)13)9(14)16-6-4-2/h8H,3-7H2,1-2H3. The predicted octanol–water partition coefficient (Wildman–Crippen LogP) is 2.54. The number of rotatable bonds is 7. The first-order chi connectivity index (χ1) is 7.43. The fraction of sp³-hybridized carbons (Fsp3) is 0.900. The lowest BCUT2D eigenvalue weighted by Gasteiger charge is -2.18. The molecule has 0 aliphatic rings. The van der Waals surface area contributed by atoms with E-state index in [1.165, 1.54) is 0 Å². The van der Waals surface area contributed by atoms with E-state index in [4.69, 9.17) is 4.74 Å². The number of esters is 1. The summed E-state index contributed by atoms with van der Waals surface area (Å²) >= 11 is 0. The second-order valence-corrected chi connectivity index (χ2v) is 3.34. The van der Waals surface area contributed by atoms with Gasteiger partial charge in [0.15, 0.2) is 5.92 Å². The molecule has 0 fully saturated rings. The molecular weight excluding hydrogens is 225 g/mol. The molecule has 0 saturated carbocycles. The Hall–Kier alpha value is -0.780. The van der Waals surface area contributed by atoms with Gasteiger partial charge < -0.3 is 9.47 Å². The van der Waals surface area contributed by atoms with Crippen molar-refractivity contribution in [2.24, 2.45) is 5.92 Å². The summed E-state index contributed by atoms with van der Waals surface area (Å²) in [6.07, 6.45) is -3.51. The largest absolute Gasteiger partial charge is 0.465 e. The highest BCUT2D eigenvalue weighted by Crippen LogP contribution is 2.27. The van der Waals surface area contributed by atoms with Crippen LogP contribution in [0.1, 0.15) is 26.7 Å². The zero-order valence-corrected chi connectivity index (χ0v) is 9.47. The minimum Gasteiger partial charge on any atom is -0.465 e. The number of carbonyl (C=O) groups is 1. The van der Waals surface area contributed by atoms with Crippen LogP contribution in [0.5, 0.6) is 0 Å². The summed E-state index contributed by atoms with van der Waals surface area (Å²) in [5.41, 5.74) is 0. The summed E-state index contributed by atoms with van der Waals surface area (Å²) in [5, 5.41) is 0. The fourth-order valence-electron chi connectivity index (χ4n) is 0.945. The molecule has 96 valence electrons. The van der Waals surface area contributed by atoms with E-state index in [0.717, 1.165) is 0 Å². The van der Waals surface area contributed by atoms with Gasteiger partial charge in [-0.15, -0.1) is 0 Å². The van der Waals surface area contributed by atoms with Crippen molar-refractivity contribution in [2.75, 3.05) is 19.8 Å². The molecule has 0 rings (SSSR count). The van der Waals surface area contributed by atoms with Crippen LogP contribution in [-0.2, 0) is 14.3 Å². The van der Waals surface area contributed by atoms with Gasteiger partial charge in [0.2, 0.25) is 0 Å². The highest BCUT2D eigenvalue weighted by atomic mass is 19.4. The highest BCUT2D eigenvalue weighted by Gasteiger charge is 2.46. The van der Waals surface area contributed by atoms with Crippen LogP contribution in [0.15, 0.2) is 0 Å². The zero-order chi connectivity index (χ0) is 12.6. The van der Waals surface area contributed by atoms with Gasteiger partial charge in [-0.05, 0) is 12.8 Å². The van der Waals surface area contributed by atoms with E-state index in [1.807, 2.05) is 0 Å².